The second-order valence-corrected chi connectivity index (χ2v) is 2.86. The number of nitrogen functional groups attached to an aromatic ring is 1. The first-order valence-electron chi connectivity index (χ1n) is 3.81. The molecule has 0 aliphatic heterocycles. The Bertz CT molecular complexity index is 278. The Balaban J connectivity index is 0.00000144. The van der Waals surface area contributed by atoms with Crippen molar-refractivity contribution >= 4 is 18.1 Å². The number of halogens is 2. The molecule has 0 aliphatic carbocycles. The van der Waals surface area contributed by atoms with Crippen molar-refractivity contribution in [3.05, 3.63) is 24.0 Å². The van der Waals surface area contributed by atoms with Crippen LogP contribution in [0.3, 0.4) is 0 Å². The first kappa shape index (κ1) is 12.0. The molecular formula is C9H13ClFNO. The first-order valence-corrected chi connectivity index (χ1v) is 3.81. The van der Waals surface area contributed by atoms with Crippen LogP contribution in [0, 0.1) is 5.82 Å². The van der Waals surface area contributed by atoms with E-state index in [1.165, 1.54) is 18.2 Å². The summed E-state index contributed by atoms with van der Waals surface area (Å²) < 4.78 is 18.1. The molecule has 1 rings (SSSR count). The van der Waals surface area contributed by atoms with Crippen LogP contribution in [-0.2, 0) is 0 Å². The second-order valence-electron chi connectivity index (χ2n) is 2.86. The third-order valence-corrected chi connectivity index (χ3v) is 1.32. The van der Waals surface area contributed by atoms with Gasteiger partial charge in [-0.25, -0.2) is 4.39 Å². The quantitative estimate of drug-likeness (QED) is 0.754. The maximum Gasteiger partial charge on any atom is 0.165 e. The Morgan fingerprint density at radius 3 is 2.54 bits per heavy atom. The third-order valence-electron chi connectivity index (χ3n) is 1.32. The minimum Gasteiger partial charge on any atom is -0.488 e. The molecule has 2 N–H and O–H groups in total. The zero-order chi connectivity index (χ0) is 9.14. The van der Waals surface area contributed by atoms with E-state index in [1.807, 2.05) is 13.8 Å². The molecule has 0 heterocycles. The van der Waals surface area contributed by atoms with Crippen LogP contribution in [0.4, 0.5) is 10.1 Å². The predicted molar refractivity (Wildman–Crippen MR) is 53.8 cm³/mol. The highest BCUT2D eigenvalue weighted by atomic mass is 35.5. The van der Waals surface area contributed by atoms with Gasteiger partial charge in [0.05, 0.1) is 6.10 Å². The standard InChI is InChI=1S/C9H12FNO.ClH/c1-6(2)12-9-5-7(11)3-4-8(9)10;/h3-6H,11H2,1-2H3;1H. The SMILES string of the molecule is CC(C)Oc1cc(N)ccc1F.Cl. The summed E-state index contributed by atoms with van der Waals surface area (Å²) in [5.74, 6) is -0.164. The van der Waals surface area contributed by atoms with Gasteiger partial charge >= 0.3 is 0 Å². The largest absolute Gasteiger partial charge is 0.488 e. The van der Waals surface area contributed by atoms with E-state index in [9.17, 15) is 4.39 Å². The molecule has 2 nitrogen and oxygen atoms in total. The highest BCUT2D eigenvalue weighted by molar-refractivity contribution is 5.85. The Kier molecular flexibility index (Phi) is 4.56. The molecular weight excluding hydrogens is 193 g/mol. The molecule has 0 radical (unpaired) electrons. The fraction of sp³-hybridized carbons (Fsp3) is 0.333. The van der Waals surface area contributed by atoms with Crippen molar-refractivity contribution in [3.8, 4) is 5.75 Å². The molecule has 0 spiro atoms. The van der Waals surface area contributed by atoms with E-state index in [1.54, 1.807) is 0 Å². The molecule has 0 saturated heterocycles. The highest BCUT2D eigenvalue weighted by Crippen LogP contribution is 2.20. The molecule has 0 bridgehead atoms. The lowest BCUT2D eigenvalue weighted by molar-refractivity contribution is 0.231. The molecule has 0 aliphatic rings. The van der Waals surface area contributed by atoms with Gasteiger partial charge in [-0.1, -0.05) is 0 Å². The van der Waals surface area contributed by atoms with Gasteiger partial charge in [-0.05, 0) is 26.0 Å². The van der Waals surface area contributed by atoms with E-state index in [-0.39, 0.29) is 30.1 Å². The van der Waals surface area contributed by atoms with Crippen LogP contribution in [0.1, 0.15) is 13.8 Å². The molecule has 0 fully saturated rings. The van der Waals surface area contributed by atoms with Crippen molar-refractivity contribution in [2.45, 2.75) is 20.0 Å². The van der Waals surface area contributed by atoms with Crippen LogP contribution in [0.2, 0.25) is 0 Å². The number of rotatable bonds is 2. The van der Waals surface area contributed by atoms with Gasteiger partial charge in [0.2, 0.25) is 0 Å². The summed E-state index contributed by atoms with van der Waals surface area (Å²) in [7, 11) is 0. The van der Waals surface area contributed by atoms with E-state index in [0.717, 1.165) is 0 Å². The summed E-state index contributed by atoms with van der Waals surface area (Å²) >= 11 is 0. The Labute approximate surface area is 83.3 Å². The molecule has 0 aromatic heterocycles. The molecule has 74 valence electrons. The summed E-state index contributed by atoms with van der Waals surface area (Å²) in [6.07, 6.45) is -0.0405. The van der Waals surface area contributed by atoms with E-state index >= 15 is 0 Å². The zero-order valence-corrected chi connectivity index (χ0v) is 8.40. The minimum absolute atomic E-state index is 0. The molecule has 0 saturated carbocycles. The van der Waals surface area contributed by atoms with E-state index in [2.05, 4.69) is 0 Å². The molecule has 0 unspecified atom stereocenters. The fourth-order valence-electron chi connectivity index (χ4n) is 0.864. The van der Waals surface area contributed by atoms with Crippen LogP contribution in [0.25, 0.3) is 0 Å². The smallest absolute Gasteiger partial charge is 0.165 e. The number of hydrogen-bond donors (Lipinski definition) is 1. The van der Waals surface area contributed by atoms with Gasteiger partial charge in [0.15, 0.2) is 11.6 Å². The summed E-state index contributed by atoms with van der Waals surface area (Å²) in [5, 5.41) is 0. The van der Waals surface area contributed by atoms with E-state index in [0.29, 0.717) is 5.69 Å². The van der Waals surface area contributed by atoms with Crippen molar-refractivity contribution in [2.75, 3.05) is 5.73 Å². The predicted octanol–water partition coefficient (Wildman–Crippen LogP) is 2.62. The molecule has 0 amide bonds. The van der Waals surface area contributed by atoms with Gasteiger partial charge in [-0.15, -0.1) is 12.4 Å². The molecule has 4 heteroatoms. The maximum atomic E-state index is 12.9. The summed E-state index contributed by atoms with van der Waals surface area (Å²) in [6.45, 7) is 3.67. The minimum atomic E-state index is -0.377. The number of anilines is 1. The van der Waals surface area contributed by atoms with Crippen molar-refractivity contribution in [1.29, 1.82) is 0 Å². The lowest BCUT2D eigenvalue weighted by Crippen LogP contribution is -2.07. The maximum absolute atomic E-state index is 12.9. The normalized spacial score (nSPS) is 9.54. The van der Waals surface area contributed by atoms with Gasteiger partial charge in [-0.3, -0.25) is 0 Å². The number of benzene rings is 1. The monoisotopic (exact) mass is 205 g/mol. The lowest BCUT2D eigenvalue weighted by atomic mass is 10.3. The average molecular weight is 206 g/mol. The van der Waals surface area contributed by atoms with E-state index in [4.69, 9.17) is 10.5 Å². The Hall–Kier alpha value is -0.960. The van der Waals surface area contributed by atoms with Crippen molar-refractivity contribution in [2.24, 2.45) is 0 Å². The van der Waals surface area contributed by atoms with Crippen LogP contribution >= 0.6 is 12.4 Å². The lowest BCUT2D eigenvalue weighted by Gasteiger charge is -2.10. The van der Waals surface area contributed by atoms with Crippen molar-refractivity contribution in [1.82, 2.24) is 0 Å². The number of ether oxygens (including phenoxy) is 1. The Morgan fingerprint density at radius 1 is 1.38 bits per heavy atom. The number of hydrogen-bond acceptors (Lipinski definition) is 2. The van der Waals surface area contributed by atoms with Crippen molar-refractivity contribution < 1.29 is 9.13 Å². The zero-order valence-electron chi connectivity index (χ0n) is 7.58. The number of nitrogens with two attached hydrogens (primary N) is 1. The highest BCUT2D eigenvalue weighted by Gasteiger charge is 2.04. The van der Waals surface area contributed by atoms with Crippen LogP contribution < -0.4 is 10.5 Å². The Morgan fingerprint density at radius 2 is 2.00 bits per heavy atom. The second kappa shape index (κ2) is 4.92. The summed E-state index contributed by atoms with van der Waals surface area (Å²) in [6, 6.07) is 4.28. The molecule has 1 aromatic carbocycles. The van der Waals surface area contributed by atoms with Crippen LogP contribution in [0.15, 0.2) is 18.2 Å². The average Bonchev–Trinajstić information content (AvgIpc) is 1.96. The first-order chi connectivity index (χ1) is 5.59. The van der Waals surface area contributed by atoms with Gasteiger partial charge in [0, 0.05) is 11.8 Å². The van der Waals surface area contributed by atoms with Crippen LogP contribution in [0.5, 0.6) is 5.75 Å². The fourth-order valence-corrected chi connectivity index (χ4v) is 0.864. The van der Waals surface area contributed by atoms with Gasteiger partial charge in [0.1, 0.15) is 0 Å². The molecule has 1 aromatic rings. The van der Waals surface area contributed by atoms with Gasteiger partial charge in [-0.2, -0.15) is 0 Å². The van der Waals surface area contributed by atoms with E-state index < -0.39 is 0 Å². The third kappa shape index (κ3) is 3.51. The molecule has 0 atom stereocenters. The van der Waals surface area contributed by atoms with Crippen LogP contribution in [-0.4, -0.2) is 6.10 Å². The summed E-state index contributed by atoms with van der Waals surface area (Å²) in [4.78, 5) is 0. The van der Waals surface area contributed by atoms with Crippen molar-refractivity contribution in [3.63, 3.8) is 0 Å². The summed E-state index contributed by atoms with van der Waals surface area (Å²) in [5.41, 5.74) is 5.96. The van der Waals surface area contributed by atoms with Gasteiger partial charge in [0.25, 0.3) is 0 Å². The van der Waals surface area contributed by atoms with Gasteiger partial charge < -0.3 is 10.5 Å². The molecule has 13 heavy (non-hydrogen) atoms. The topological polar surface area (TPSA) is 35.2 Å².